The predicted molar refractivity (Wildman–Crippen MR) is 62.7 cm³/mol. The van der Waals surface area contributed by atoms with Crippen LogP contribution in [-0.2, 0) is 11.3 Å². The summed E-state index contributed by atoms with van der Waals surface area (Å²) in [5.74, 6) is 1.18. The fourth-order valence-corrected chi connectivity index (χ4v) is 1.43. The van der Waals surface area contributed by atoms with Crippen molar-refractivity contribution in [2.24, 2.45) is 11.7 Å². The molecule has 16 heavy (non-hydrogen) atoms. The molecule has 1 rings (SSSR count). The molecule has 5 nitrogen and oxygen atoms in total. The van der Waals surface area contributed by atoms with E-state index in [0.29, 0.717) is 19.0 Å². The molecule has 5 heteroatoms. The van der Waals surface area contributed by atoms with E-state index in [9.17, 15) is 4.79 Å². The zero-order valence-electron chi connectivity index (χ0n) is 10.1. The molecule has 0 saturated carbocycles. The number of carbonyl (C=O) groups excluding carboxylic acids is 1. The van der Waals surface area contributed by atoms with E-state index in [1.54, 1.807) is 17.0 Å². The number of nitrogens with two attached hydrogens (primary N) is 1. The Morgan fingerprint density at radius 2 is 2.25 bits per heavy atom. The molecule has 1 atom stereocenters. The summed E-state index contributed by atoms with van der Waals surface area (Å²) >= 11 is 0. The van der Waals surface area contributed by atoms with E-state index in [0.717, 1.165) is 5.82 Å². The third-order valence-corrected chi connectivity index (χ3v) is 2.41. The monoisotopic (exact) mass is 224 g/mol. The molecule has 0 saturated heterocycles. The molecule has 0 aromatic carbocycles. The van der Waals surface area contributed by atoms with Crippen LogP contribution in [-0.4, -0.2) is 22.0 Å². The average molecular weight is 224 g/mol. The Kier molecular flexibility index (Phi) is 4.49. The fourth-order valence-electron chi connectivity index (χ4n) is 1.43. The molecule has 0 fully saturated rings. The van der Waals surface area contributed by atoms with Gasteiger partial charge in [0.25, 0.3) is 0 Å². The third kappa shape index (κ3) is 3.06. The Bertz CT molecular complexity index is 346. The van der Waals surface area contributed by atoms with E-state index in [1.165, 1.54) is 0 Å². The van der Waals surface area contributed by atoms with Crippen LogP contribution in [0.25, 0.3) is 0 Å². The first-order chi connectivity index (χ1) is 7.56. The molecule has 3 N–H and O–H groups in total. The van der Waals surface area contributed by atoms with Crippen LogP contribution < -0.4 is 11.1 Å². The van der Waals surface area contributed by atoms with Gasteiger partial charge in [0.05, 0.1) is 6.54 Å². The second kappa shape index (κ2) is 5.65. The molecule has 0 spiro atoms. The van der Waals surface area contributed by atoms with Crippen molar-refractivity contribution in [1.29, 1.82) is 0 Å². The predicted octanol–water partition coefficient (Wildman–Crippen LogP) is 0.675. The summed E-state index contributed by atoms with van der Waals surface area (Å²) in [5.41, 5.74) is 5.54. The maximum atomic E-state index is 11.8. The SMILES string of the molecule is CC(C)CNC(=O)C(C)n1ccnc1CN. The van der Waals surface area contributed by atoms with E-state index in [2.05, 4.69) is 24.1 Å². The number of aromatic nitrogens is 2. The van der Waals surface area contributed by atoms with Crippen LogP contribution in [0.1, 0.15) is 32.6 Å². The summed E-state index contributed by atoms with van der Waals surface area (Å²) in [7, 11) is 0. The molecular weight excluding hydrogens is 204 g/mol. The first-order valence-corrected chi connectivity index (χ1v) is 5.55. The highest BCUT2D eigenvalue weighted by atomic mass is 16.2. The van der Waals surface area contributed by atoms with Crippen molar-refractivity contribution in [1.82, 2.24) is 14.9 Å². The third-order valence-electron chi connectivity index (χ3n) is 2.41. The first kappa shape index (κ1) is 12.7. The molecule has 0 radical (unpaired) electrons. The zero-order chi connectivity index (χ0) is 12.1. The normalized spacial score (nSPS) is 12.8. The summed E-state index contributed by atoms with van der Waals surface area (Å²) in [5, 5.41) is 2.89. The summed E-state index contributed by atoms with van der Waals surface area (Å²) in [6.07, 6.45) is 3.44. The largest absolute Gasteiger partial charge is 0.354 e. The Morgan fingerprint density at radius 1 is 1.56 bits per heavy atom. The van der Waals surface area contributed by atoms with E-state index >= 15 is 0 Å². The van der Waals surface area contributed by atoms with Gasteiger partial charge in [-0.15, -0.1) is 0 Å². The van der Waals surface area contributed by atoms with Gasteiger partial charge in [-0.3, -0.25) is 4.79 Å². The summed E-state index contributed by atoms with van der Waals surface area (Å²) < 4.78 is 1.80. The van der Waals surface area contributed by atoms with Crippen LogP contribution >= 0.6 is 0 Å². The molecule has 1 aromatic heterocycles. The molecule has 0 aliphatic carbocycles. The number of imidazole rings is 1. The molecule has 0 bridgehead atoms. The Labute approximate surface area is 96.0 Å². The summed E-state index contributed by atoms with van der Waals surface area (Å²) in [6.45, 7) is 7.00. The van der Waals surface area contributed by atoms with Crippen molar-refractivity contribution in [3.05, 3.63) is 18.2 Å². The molecule has 1 heterocycles. The lowest BCUT2D eigenvalue weighted by Gasteiger charge is -2.16. The molecule has 90 valence electrons. The van der Waals surface area contributed by atoms with E-state index in [-0.39, 0.29) is 11.9 Å². The number of carbonyl (C=O) groups is 1. The fraction of sp³-hybridized carbons (Fsp3) is 0.636. The standard InChI is InChI=1S/C11H20N4O/c1-8(2)7-14-11(16)9(3)15-5-4-13-10(15)6-12/h4-5,8-9H,6-7,12H2,1-3H3,(H,14,16). The number of hydrogen-bond acceptors (Lipinski definition) is 3. The minimum absolute atomic E-state index is 0.00130. The van der Waals surface area contributed by atoms with Crippen molar-refractivity contribution in [2.75, 3.05) is 6.54 Å². The molecule has 0 aliphatic rings. The van der Waals surface area contributed by atoms with E-state index < -0.39 is 0 Å². The highest BCUT2D eigenvalue weighted by molar-refractivity contribution is 5.79. The highest BCUT2D eigenvalue weighted by Gasteiger charge is 2.16. The minimum Gasteiger partial charge on any atom is -0.354 e. The number of nitrogens with one attached hydrogen (secondary N) is 1. The Hall–Kier alpha value is -1.36. The van der Waals surface area contributed by atoms with Gasteiger partial charge in [0.15, 0.2) is 0 Å². The van der Waals surface area contributed by atoms with Crippen LogP contribution in [0.2, 0.25) is 0 Å². The number of hydrogen-bond donors (Lipinski definition) is 2. The van der Waals surface area contributed by atoms with Gasteiger partial charge in [0.1, 0.15) is 11.9 Å². The van der Waals surface area contributed by atoms with Crippen LogP contribution in [0.5, 0.6) is 0 Å². The van der Waals surface area contributed by atoms with E-state index in [4.69, 9.17) is 5.73 Å². The number of amides is 1. The average Bonchev–Trinajstić information content (AvgIpc) is 2.72. The van der Waals surface area contributed by atoms with Gasteiger partial charge >= 0.3 is 0 Å². The molecule has 1 unspecified atom stereocenters. The first-order valence-electron chi connectivity index (χ1n) is 5.55. The lowest BCUT2D eigenvalue weighted by Crippen LogP contribution is -2.34. The smallest absolute Gasteiger partial charge is 0.242 e. The van der Waals surface area contributed by atoms with Gasteiger partial charge in [-0.25, -0.2) is 4.98 Å². The van der Waals surface area contributed by atoms with Gasteiger partial charge in [-0.2, -0.15) is 0 Å². The zero-order valence-corrected chi connectivity index (χ0v) is 10.1. The molecule has 1 aromatic rings. The van der Waals surface area contributed by atoms with Crippen molar-refractivity contribution in [3.8, 4) is 0 Å². The summed E-state index contributed by atoms with van der Waals surface area (Å²) in [6, 6.07) is -0.264. The Morgan fingerprint density at radius 3 is 2.81 bits per heavy atom. The summed E-state index contributed by atoms with van der Waals surface area (Å²) in [4.78, 5) is 15.9. The van der Waals surface area contributed by atoms with Crippen LogP contribution in [0, 0.1) is 5.92 Å². The van der Waals surface area contributed by atoms with Crippen molar-refractivity contribution in [2.45, 2.75) is 33.4 Å². The molecule has 0 aliphatic heterocycles. The second-order valence-electron chi connectivity index (χ2n) is 4.27. The van der Waals surface area contributed by atoms with Crippen LogP contribution in [0.4, 0.5) is 0 Å². The highest BCUT2D eigenvalue weighted by Crippen LogP contribution is 2.09. The van der Waals surface area contributed by atoms with Crippen LogP contribution in [0.3, 0.4) is 0 Å². The number of nitrogens with zero attached hydrogens (tertiary/aromatic N) is 2. The van der Waals surface area contributed by atoms with Gasteiger partial charge in [-0.1, -0.05) is 13.8 Å². The lowest BCUT2D eigenvalue weighted by molar-refractivity contribution is -0.124. The maximum absolute atomic E-state index is 11.8. The van der Waals surface area contributed by atoms with Crippen molar-refractivity contribution >= 4 is 5.91 Å². The van der Waals surface area contributed by atoms with Gasteiger partial charge < -0.3 is 15.6 Å². The minimum atomic E-state index is -0.264. The topological polar surface area (TPSA) is 72.9 Å². The maximum Gasteiger partial charge on any atom is 0.242 e. The second-order valence-corrected chi connectivity index (χ2v) is 4.27. The quantitative estimate of drug-likeness (QED) is 0.772. The van der Waals surface area contributed by atoms with Crippen molar-refractivity contribution < 1.29 is 4.79 Å². The molecular formula is C11H20N4O. The van der Waals surface area contributed by atoms with Gasteiger partial charge in [0, 0.05) is 18.9 Å². The van der Waals surface area contributed by atoms with Gasteiger partial charge in [0.2, 0.25) is 5.91 Å². The van der Waals surface area contributed by atoms with Gasteiger partial charge in [-0.05, 0) is 12.8 Å². The van der Waals surface area contributed by atoms with E-state index in [1.807, 2.05) is 6.92 Å². The molecule has 1 amide bonds. The van der Waals surface area contributed by atoms with Crippen LogP contribution in [0.15, 0.2) is 12.4 Å². The lowest BCUT2D eigenvalue weighted by atomic mass is 10.2. The number of rotatable bonds is 5. The Balaban J connectivity index is 2.63. The van der Waals surface area contributed by atoms with Crippen molar-refractivity contribution in [3.63, 3.8) is 0 Å².